The van der Waals surface area contributed by atoms with Gasteiger partial charge in [-0.25, -0.2) is 0 Å². The number of aliphatic hydroxyl groups is 1. The molecule has 106 valence electrons. The van der Waals surface area contributed by atoms with Crippen molar-refractivity contribution in [3.8, 4) is 5.75 Å². The molecular weight excluding hydrogens is 240 g/mol. The molecule has 0 radical (unpaired) electrons. The summed E-state index contributed by atoms with van der Waals surface area (Å²) in [6.45, 7) is 4.85. The zero-order valence-corrected chi connectivity index (χ0v) is 11.8. The Morgan fingerprint density at radius 3 is 2.89 bits per heavy atom. The van der Waals surface area contributed by atoms with Crippen LogP contribution in [0.3, 0.4) is 0 Å². The van der Waals surface area contributed by atoms with Crippen molar-refractivity contribution < 1.29 is 9.84 Å². The smallest absolute Gasteiger partial charge is 0.123 e. The number of aliphatic hydroxyl groups excluding tert-OH is 1. The largest absolute Gasteiger partial charge is 0.496 e. The first kappa shape index (κ1) is 14.3. The van der Waals surface area contributed by atoms with Gasteiger partial charge in [0.25, 0.3) is 0 Å². The Hall–Kier alpha value is -1.10. The van der Waals surface area contributed by atoms with Crippen molar-refractivity contribution in [3.05, 3.63) is 29.3 Å². The number of nitrogens with two attached hydrogens (primary N) is 1. The van der Waals surface area contributed by atoms with Crippen molar-refractivity contribution in [2.24, 2.45) is 11.7 Å². The second kappa shape index (κ2) is 6.37. The van der Waals surface area contributed by atoms with E-state index in [2.05, 4.69) is 24.0 Å². The Morgan fingerprint density at radius 1 is 1.47 bits per heavy atom. The lowest BCUT2D eigenvalue weighted by Crippen LogP contribution is -2.34. The molecule has 1 aromatic carbocycles. The molecule has 0 spiro atoms. The average molecular weight is 264 g/mol. The van der Waals surface area contributed by atoms with E-state index in [9.17, 15) is 5.11 Å². The molecule has 1 aliphatic heterocycles. The van der Waals surface area contributed by atoms with E-state index in [-0.39, 0.29) is 12.6 Å². The fourth-order valence-electron chi connectivity index (χ4n) is 2.90. The third-order valence-electron chi connectivity index (χ3n) is 4.13. The average Bonchev–Trinajstić information content (AvgIpc) is 2.78. The second-order valence-corrected chi connectivity index (χ2v) is 5.34. The van der Waals surface area contributed by atoms with Crippen molar-refractivity contribution in [2.75, 3.05) is 20.3 Å². The summed E-state index contributed by atoms with van der Waals surface area (Å²) in [5.74, 6) is 1.41. The Kier molecular flexibility index (Phi) is 4.80. The van der Waals surface area contributed by atoms with Crippen LogP contribution < -0.4 is 10.5 Å². The molecule has 2 unspecified atom stereocenters. The van der Waals surface area contributed by atoms with Crippen molar-refractivity contribution >= 4 is 0 Å². The maximum atomic E-state index is 9.49. The molecule has 1 aromatic rings. The van der Waals surface area contributed by atoms with Gasteiger partial charge in [-0.3, -0.25) is 4.90 Å². The van der Waals surface area contributed by atoms with Gasteiger partial charge in [-0.15, -0.1) is 0 Å². The highest BCUT2D eigenvalue weighted by molar-refractivity contribution is 5.37. The predicted octanol–water partition coefficient (Wildman–Crippen LogP) is 1.36. The first-order valence-corrected chi connectivity index (χ1v) is 6.90. The van der Waals surface area contributed by atoms with E-state index >= 15 is 0 Å². The van der Waals surface area contributed by atoms with E-state index in [0.717, 1.165) is 30.8 Å². The van der Waals surface area contributed by atoms with E-state index in [0.29, 0.717) is 12.5 Å². The summed E-state index contributed by atoms with van der Waals surface area (Å²) in [7, 11) is 1.66. The van der Waals surface area contributed by atoms with Gasteiger partial charge >= 0.3 is 0 Å². The van der Waals surface area contributed by atoms with Gasteiger partial charge in [-0.1, -0.05) is 13.0 Å². The number of hydrogen-bond acceptors (Lipinski definition) is 4. The SMILES string of the molecule is COc1ccc(CN2CCC(C)C2CO)cc1CN. The van der Waals surface area contributed by atoms with Gasteiger partial charge in [-0.05, 0) is 36.6 Å². The first-order chi connectivity index (χ1) is 9.19. The lowest BCUT2D eigenvalue weighted by Gasteiger charge is -2.25. The maximum Gasteiger partial charge on any atom is 0.123 e. The van der Waals surface area contributed by atoms with Crippen molar-refractivity contribution in [2.45, 2.75) is 32.5 Å². The maximum absolute atomic E-state index is 9.49. The summed E-state index contributed by atoms with van der Waals surface area (Å²) >= 11 is 0. The highest BCUT2D eigenvalue weighted by Gasteiger charge is 2.30. The highest BCUT2D eigenvalue weighted by atomic mass is 16.5. The van der Waals surface area contributed by atoms with Crippen molar-refractivity contribution in [3.63, 3.8) is 0 Å². The monoisotopic (exact) mass is 264 g/mol. The fourth-order valence-corrected chi connectivity index (χ4v) is 2.90. The minimum absolute atomic E-state index is 0.237. The molecular formula is C15H24N2O2. The van der Waals surface area contributed by atoms with Crippen LogP contribution >= 0.6 is 0 Å². The van der Waals surface area contributed by atoms with Gasteiger partial charge < -0.3 is 15.6 Å². The lowest BCUT2D eigenvalue weighted by molar-refractivity contribution is 0.134. The summed E-state index contributed by atoms with van der Waals surface area (Å²) in [6.07, 6.45) is 1.16. The number of nitrogens with zero attached hydrogens (tertiary/aromatic N) is 1. The van der Waals surface area contributed by atoms with Crippen LogP contribution in [-0.2, 0) is 13.1 Å². The van der Waals surface area contributed by atoms with Crippen molar-refractivity contribution in [1.82, 2.24) is 4.90 Å². The standard InChI is InChI=1S/C15H24N2O2/c1-11-5-6-17(14(11)10-18)9-12-3-4-15(19-2)13(7-12)8-16/h3-4,7,11,14,18H,5-6,8-10,16H2,1-2H3. The van der Waals surface area contributed by atoms with Crippen LogP contribution in [0.4, 0.5) is 0 Å². The van der Waals surface area contributed by atoms with Crippen LogP contribution in [0.2, 0.25) is 0 Å². The second-order valence-electron chi connectivity index (χ2n) is 5.34. The summed E-state index contributed by atoms with van der Waals surface area (Å²) in [5, 5.41) is 9.49. The normalized spacial score (nSPS) is 23.8. The Balaban J connectivity index is 2.11. The van der Waals surface area contributed by atoms with Gasteiger partial charge in [0, 0.05) is 24.7 Å². The number of benzene rings is 1. The zero-order chi connectivity index (χ0) is 13.8. The van der Waals surface area contributed by atoms with Crippen LogP contribution in [0.15, 0.2) is 18.2 Å². The van der Waals surface area contributed by atoms with Gasteiger partial charge in [0.1, 0.15) is 5.75 Å². The molecule has 2 rings (SSSR count). The van der Waals surface area contributed by atoms with Crippen molar-refractivity contribution in [1.29, 1.82) is 0 Å². The van der Waals surface area contributed by atoms with Gasteiger partial charge in [-0.2, -0.15) is 0 Å². The Labute approximate surface area is 115 Å². The molecule has 1 saturated heterocycles. The number of likely N-dealkylation sites (tertiary alicyclic amines) is 1. The van der Waals surface area contributed by atoms with E-state index in [1.165, 1.54) is 5.56 Å². The van der Waals surface area contributed by atoms with Gasteiger partial charge in [0.15, 0.2) is 0 Å². The zero-order valence-electron chi connectivity index (χ0n) is 11.8. The molecule has 0 aliphatic carbocycles. The van der Waals surface area contributed by atoms with E-state index in [1.54, 1.807) is 7.11 Å². The molecule has 0 saturated carbocycles. The van der Waals surface area contributed by atoms with E-state index in [4.69, 9.17) is 10.5 Å². The minimum Gasteiger partial charge on any atom is -0.496 e. The topological polar surface area (TPSA) is 58.7 Å². The predicted molar refractivity (Wildman–Crippen MR) is 76.0 cm³/mol. The molecule has 0 aromatic heterocycles. The summed E-state index contributed by atoms with van der Waals surface area (Å²) in [6, 6.07) is 6.44. The third-order valence-corrected chi connectivity index (χ3v) is 4.13. The van der Waals surface area contributed by atoms with E-state index in [1.807, 2.05) is 6.07 Å². The van der Waals surface area contributed by atoms with Crippen LogP contribution in [0.1, 0.15) is 24.5 Å². The van der Waals surface area contributed by atoms with Crippen LogP contribution in [0, 0.1) is 5.92 Å². The Morgan fingerprint density at radius 2 is 2.26 bits per heavy atom. The molecule has 0 bridgehead atoms. The summed E-state index contributed by atoms with van der Waals surface area (Å²) in [4.78, 5) is 2.35. The first-order valence-electron chi connectivity index (χ1n) is 6.90. The number of methoxy groups -OCH3 is 1. The number of hydrogen-bond donors (Lipinski definition) is 2. The third kappa shape index (κ3) is 3.08. The summed E-state index contributed by atoms with van der Waals surface area (Å²) < 4.78 is 5.29. The Bertz CT molecular complexity index is 423. The van der Waals surface area contributed by atoms with Crippen LogP contribution in [0.5, 0.6) is 5.75 Å². The summed E-state index contributed by atoms with van der Waals surface area (Å²) in [5.41, 5.74) is 8.01. The molecule has 1 aliphatic rings. The quantitative estimate of drug-likeness (QED) is 0.843. The molecule has 0 amide bonds. The lowest BCUT2D eigenvalue weighted by atomic mass is 10.0. The van der Waals surface area contributed by atoms with Gasteiger partial charge in [0.05, 0.1) is 13.7 Å². The fraction of sp³-hybridized carbons (Fsp3) is 0.600. The molecule has 19 heavy (non-hydrogen) atoms. The van der Waals surface area contributed by atoms with Crippen LogP contribution in [-0.4, -0.2) is 36.3 Å². The molecule has 1 fully saturated rings. The van der Waals surface area contributed by atoms with Gasteiger partial charge in [0.2, 0.25) is 0 Å². The molecule has 4 nitrogen and oxygen atoms in total. The minimum atomic E-state index is 0.237. The molecule has 2 atom stereocenters. The molecule has 4 heteroatoms. The number of rotatable bonds is 5. The van der Waals surface area contributed by atoms with E-state index < -0.39 is 0 Å². The highest BCUT2D eigenvalue weighted by Crippen LogP contribution is 2.27. The molecule has 1 heterocycles. The molecule has 3 N–H and O–H groups in total. The number of ether oxygens (including phenoxy) is 1. The van der Waals surface area contributed by atoms with Crippen LogP contribution in [0.25, 0.3) is 0 Å².